The van der Waals surface area contributed by atoms with Crippen molar-refractivity contribution in [2.24, 2.45) is 0 Å². The molecule has 0 aliphatic heterocycles. The molecule has 0 saturated carbocycles. The van der Waals surface area contributed by atoms with Crippen molar-refractivity contribution in [3.05, 3.63) is 47.6 Å². The second-order valence-corrected chi connectivity index (χ2v) is 9.21. The SMILES string of the molecule is CC(CC#Cc1ccc(S(F)(F)(F)(F)F)cc1)Nc1ncnc2sccc12. The van der Waals surface area contributed by atoms with Gasteiger partial charge in [-0.05, 0) is 42.6 Å². The summed E-state index contributed by atoms with van der Waals surface area (Å²) in [6.45, 7) is 1.88. The van der Waals surface area contributed by atoms with E-state index in [0.717, 1.165) is 22.3 Å². The molecule has 3 aromatic rings. The van der Waals surface area contributed by atoms with E-state index in [1.165, 1.54) is 17.7 Å². The fourth-order valence-electron chi connectivity index (χ4n) is 2.29. The maximum atomic E-state index is 12.7. The number of rotatable bonds is 4. The average Bonchev–Trinajstić information content (AvgIpc) is 3.03. The van der Waals surface area contributed by atoms with Crippen molar-refractivity contribution in [3.63, 3.8) is 0 Å². The Morgan fingerprint density at radius 2 is 1.78 bits per heavy atom. The van der Waals surface area contributed by atoms with Gasteiger partial charge in [-0.15, -0.1) is 11.3 Å². The zero-order valence-corrected chi connectivity index (χ0v) is 15.6. The van der Waals surface area contributed by atoms with Crippen LogP contribution in [-0.4, -0.2) is 16.0 Å². The first kappa shape index (κ1) is 19.4. The van der Waals surface area contributed by atoms with E-state index in [0.29, 0.717) is 24.4 Å². The van der Waals surface area contributed by atoms with E-state index in [-0.39, 0.29) is 11.6 Å². The van der Waals surface area contributed by atoms with Gasteiger partial charge in [0.25, 0.3) is 0 Å². The minimum atomic E-state index is -9.64. The molecule has 144 valence electrons. The molecule has 1 atom stereocenters. The molecule has 1 unspecified atom stereocenters. The number of halogens is 5. The van der Waals surface area contributed by atoms with E-state index >= 15 is 0 Å². The van der Waals surface area contributed by atoms with Gasteiger partial charge in [0, 0.05) is 18.0 Å². The minimum absolute atomic E-state index is 0.0838. The Kier molecular flexibility index (Phi) is 4.36. The van der Waals surface area contributed by atoms with Gasteiger partial charge in [0.15, 0.2) is 0 Å². The summed E-state index contributed by atoms with van der Waals surface area (Å²) < 4.78 is 63.4. The molecule has 3 nitrogen and oxygen atoms in total. The highest BCUT2D eigenvalue weighted by atomic mass is 32.5. The van der Waals surface area contributed by atoms with Crippen molar-refractivity contribution in [2.75, 3.05) is 5.32 Å². The van der Waals surface area contributed by atoms with Crippen molar-refractivity contribution in [3.8, 4) is 11.8 Å². The molecule has 0 fully saturated rings. The molecule has 0 saturated heterocycles. The number of nitrogens with zero attached hydrogens (tertiary/aromatic N) is 2. The highest BCUT2D eigenvalue weighted by Gasteiger charge is 2.65. The first-order chi connectivity index (χ1) is 12.4. The van der Waals surface area contributed by atoms with E-state index in [1.807, 2.05) is 18.4 Å². The Morgan fingerprint density at radius 3 is 2.44 bits per heavy atom. The van der Waals surface area contributed by atoms with Gasteiger partial charge in [0.2, 0.25) is 0 Å². The normalized spacial score (nSPS) is 15.3. The summed E-state index contributed by atoms with van der Waals surface area (Å²) in [6.07, 6.45) is 1.85. The third-order valence-corrected chi connectivity index (χ3v) is 5.57. The molecule has 0 radical (unpaired) electrons. The molecule has 2 heterocycles. The second kappa shape index (κ2) is 6.07. The fraction of sp³-hybridized carbons (Fsp3) is 0.176. The number of hydrogen-bond acceptors (Lipinski definition) is 4. The van der Waals surface area contributed by atoms with Gasteiger partial charge in [-0.2, -0.15) is 0 Å². The third-order valence-electron chi connectivity index (χ3n) is 3.59. The molecule has 10 heteroatoms. The van der Waals surface area contributed by atoms with Gasteiger partial charge < -0.3 is 5.32 Å². The molecule has 1 N–H and O–H groups in total. The molecule has 0 amide bonds. The zero-order chi connectivity index (χ0) is 19.8. The molecular formula is C17H14F5N3S2. The van der Waals surface area contributed by atoms with Crippen LogP contribution in [0.25, 0.3) is 10.2 Å². The van der Waals surface area contributed by atoms with Gasteiger partial charge in [0.05, 0.1) is 5.39 Å². The Bertz CT molecular complexity index is 1030. The quantitative estimate of drug-likeness (QED) is 0.383. The van der Waals surface area contributed by atoms with Crippen LogP contribution < -0.4 is 5.32 Å². The lowest BCUT2D eigenvalue weighted by Gasteiger charge is -2.40. The molecular weight excluding hydrogens is 405 g/mol. The second-order valence-electron chi connectivity index (χ2n) is 5.91. The van der Waals surface area contributed by atoms with Crippen LogP contribution in [0.3, 0.4) is 0 Å². The summed E-state index contributed by atoms with van der Waals surface area (Å²) in [5.41, 5.74) is 0.232. The number of hydrogen-bond donors (Lipinski definition) is 1. The Balaban J connectivity index is 1.66. The number of aromatic nitrogens is 2. The number of fused-ring (bicyclic) bond motifs is 1. The summed E-state index contributed by atoms with van der Waals surface area (Å²) in [7, 11) is -9.64. The van der Waals surface area contributed by atoms with Crippen molar-refractivity contribution in [1.29, 1.82) is 0 Å². The summed E-state index contributed by atoms with van der Waals surface area (Å²) in [6, 6.07) is 4.43. The van der Waals surface area contributed by atoms with Gasteiger partial charge in [0.1, 0.15) is 21.9 Å². The summed E-state index contributed by atoms with van der Waals surface area (Å²) in [4.78, 5) is 7.29. The number of thiophene rings is 1. The standard InChI is InChI=1S/C17H14F5N3S2/c1-12(25-16-15-9-10-26-17(15)24-11-23-16)3-2-4-13-5-7-14(8-6-13)27(18,19,20,21)22/h5-12H,3H2,1H3,(H,23,24,25). The predicted octanol–water partition coefficient (Wildman–Crippen LogP) is 6.59. The van der Waals surface area contributed by atoms with E-state index in [9.17, 15) is 19.4 Å². The predicted molar refractivity (Wildman–Crippen MR) is 99.8 cm³/mol. The van der Waals surface area contributed by atoms with Gasteiger partial charge in [-0.3, -0.25) is 0 Å². The van der Waals surface area contributed by atoms with Crippen molar-refractivity contribution < 1.29 is 19.4 Å². The number of anilines is 1. The monoisotopic (exact) mass is 419 g/mol. The fourth-order valence-corrected chi connectivity index (χ4v) is 3.67. The van der Waals surface area contributed by atoms with Crippen molar-refractivity contribution in [1.82, 2.24) is 9.97 Å². The van der Waals surface area contributed by atoms with E-state index < -0.39 is 15.1 Å². The van der Waals surface area contributed by atoms with Crippen LogP contribution in [0.1, 0.15) is 18.9 Å². The van der Waals surface area contributed by atoms with Crippen LogP contribution in [0.5, 0.6) is 0 Å². The van der Waals surface area contributed by atoms with Crippen LogP contribution in [0.2, 0.25) is 0 Å². The Labute approximate surface area is 156 Å². The van der Waals surface area contributed by atoms with Crippen molar-refractivity contribution in [2.45, 2.75) is 24.3 Å². The summed E-state index contributed by atoms with van der Waals surface area (Å²) in [5.74, 6) is 6.18. The lowest BCUT2D eigenvalue weighted by molar-refractivity contribution is 0.364. The van der Waals surface area contributed by atoms with Crippen LogP contribution in [0.15, 0.2) is 46.9 Å². The first-order valence-corrected chi connectivity index (χ1v) is 10.5. The molecule has 27 heavy (non-hydrogen) atoms. The van der Waals surface area contributed by atoms with Crippen LogP contribution in [0.4, 0.5) is 25.2 Å². The van der Waals surface area contributed by atoms with Crippen molar-refractivity contribution >= 4 is 37.6 Å². The topological polar surface area (TPSA) is 37.8 Å². The van der Waals surface area contributed by atoms with Gasteiger partial charge in [-0.25, -0.2) is 9.97 Å². The maximum Gasteiger partial charge on any atom is 0.310 e. The van der Waals surface area contributed by atoms with E-state index in [1.54, 1.807) is 0 Å². The Hall–Kier alpha value is -2.38. The molecule has 0 bridgehead atoms. The molecule has 0 spiro atoms. The maximum absolute atomic E-state index is 12.7. The average molecular weight is 419 g/mol. The molecule has 0 aliphatic rings. The first-order valence-electron chi connectivity index (χ1n) is 7.70. The van der Waals surface area contributed by atoms with E-state index in [4.69, 9.17) is 0 Å². The van der Waals surface area contributed by atoms with Gasteiger partial charge in [-0.1, -0.05) is 31.3 Å². The number of benzene rings is 1. The van der Waals surface area contributed by atoms with Crippen LogP contribution >= 0.6 is 21.6 Å². The largest absolute Gasteiger partial charge is 0.366 e. The smallest absolute Gasteiger partial charge is 0.310 e. The molecule has 0 aliphatic carbocycles. The van der Waals surface area contributed by atoms with Crippen LogP contribution in [-0.2, 0) is 0 Å². The molecule has 3 rings (SSSR count). The Morgan fingerprint density at radius 1 is 1.07 bits per heavy atom. The molecule has 1 aromatic carbocycles. The van der Waals surface area contributed by atoms with Gasteiger partial charge >= 0.3 is 10.2 Å². The zero-order valence-electron chi connectivity index (χ0n) is 13.9. The lowest BCUT2D eigenvalue weighted by atomic mass is 10.2. The molecule has 2 aromatic heterocycles. The minimum Gasteiger partial charge on any atom is -0.366 e. The van der Waals surface area contributed by atoms with E-state index in [2.05, 4.69) is 27.1 Å². The summed E-state index contributed by atoms with van der Waals surface area (Å²) >= 11 is 1.50. The highest BCUT2D eigenvalue weighted by Crippen LogP contribution is 3.02. The highest BCUT2D eigenvalue weighted by molar-refractivity contribution is 8.45. The van der Waals surface area contributed by atoms with Crippen LogP contribution in [0, 0.1) is 11.8 Å². The lowest BCUT2D eigenvalue weighted by Crippen LogP contribution is -2.15. The third kappa shape index (κ3) is 4.87. The number of nitrogens with one attached hydrogen (secondary N) is 1. The summed E-state index contributed by atoms with van der Waals surface area (Å²) in [5, 5.41) is 6.01.